The number of carbonyl (C=O) groups excluding carboxylic acids is 1. The van der Waals surface area contributed by atoms with Gasteiger partial charge < -0.3 is 14.7 Å². The first-order valence-electron chi connectivity index (χ1n) is 6.77. The molecular weight excluding hydrogens is 232 g/mol. The summed E-state index contributed by atoms with van der Waals surface area (Å²) in [5, 5.41) is 10.1. The van der Waals surface area contributed by atoms with E-state index in [1.165, 1.54) is 12.8 Å². The fraction of sp³-hybridized carbons (Fsp3) is 0.923. The molecule has 2 aliphatic rings. The summed E-state index contributed by atoms with van der Waals surface area (Å²) in [6, 6.07) is 0.0834. The van der Waals surface area contributed by atoms with Crippen molar-refractivity contribution in [1.82, 2.24) is 9.80 Å². The Balaban J connectivity index is 1.91. The van der Waals surface area contributed by atoms with Crippen LogP contribution in [0.25, 0.3) is 0 Å². The van der Waals surface area contributed by atoms with Crippen LogP contribution in [0.15, 0.2) is 0 Å². The van der Waals surface area contributed by atoms with Gasteiger partial charge in [-0.2, -0.15) is 0 Å². The fourth-order valence-corrected chi connectivity index (χ4v) is 2.68. The van der Waals surface area contributed by atoms with Crippen molar-refractivity contribution in [3.05, 3.63) is 0 Å². The van der Waals surface area contributed by atoms with Gasteiger partial charge in [-0.05, 0) is 46.7 Å². The molecule has 0 unspecified atom stereocenters. The van der Waals surface area contributed by atoms with E-state index >= 15 is 0 Å². The van der Waals surface area contributed by atoms with Crippen LogP contribution < -0.4 is 0 Å². The van der Waals surface area contributed by atoms with Crippen LogP contribution in [0.2, 0.25) is 0 Å². The van der Waals surface area contributed by atoms with Crippen LogP contribution in [0, 0.1) is 0 Å². The van der Waals surface area contributed by atoms with Gasteiger partial charge in [0.05, 0.1) is 18.7 Å². The second kappa shape index (κ2) is 5.05. The van der Waals surface area contributed by atoms with Crippen molar-refractivity contribution < 1.29 is 14.6 Å². The molecule has 2 heterocycles. The quantitative estimate of drug-likeness (QED) is 0.762. The predicted molar refractivity (Wildman–Crippen MR) is 68.4 cm³/mol. The number of nitrogens with zero attached hydrogens (tertiary/aromatic N) is 2. The van der Waals surface area contributed by atoms with E-state index in [0.29, 0.717) is 13.1 Å². The summed E-state index contributed by atoms with van der Waals surface area (Å²) in [6.45, 7) is 8.60. The van der Waals surface area contributed by atoms with E-state index in [4.69, 9.17) is 4.74 Å². The molecule has 0 aromatic rings. The van der Waals surface area contributed by atoms with Gasteiger partial charge in [-0.3, -0.25) is 4.90 Å². The number of likely N-dealkylation sites (tertiary alicyclic amines) is 2. The number of aliphatic hydroxyl groups is 1. The van der Waals surface area contributed by atoms with Crippen LogP contribution in [0.4, 0.5) is 4.79 Å². The molecule has 0 bridgehead atoms. The van der Waals surface area contributed by atoms with Gasteiger partial charge >= 0.3 is 6.09 Å². The molecule has 2 saturated heterocycles. The fourth-order valence-electron chi connectivity index (χ4n) is 2.68. The number of hydrogen-bond acceptors (Lipinski definition) is 4. The van der Waals surface area contributed by atoms with Crippen molar-refractivity contribution in [3.8, 4) is 0 Å². The number of amides is 1. The van der Waals surface area contributed by atoms with Crippen LogP contribution >= 0.6 is 0 Å². The van der Waals surface area contributed by atoms with Gasteiger partial charge in [0.2, 0.25) is 0 Å². The van der Waals surface area contributed by atoms with E-state index in [2.05, 4.69) is 4.90 Å². The normalized spacial score (nSPS) is 29.9. The lowest BCUT2D eigenvalue weighted by atomic mass is 10.2. The number of rotatable bonds is 1. The zero-order valence-corrected chi connectivity index (χ0v) is 11.6. The predicted octanol–water partition coefficient (Wildman–Crippen LogP) is 1.06. The van der Waals surface area contributed by atoms with E-state index in [0.717, 1.165) is 13.1 Å². The molecule has 5 nitrogen and oxygen atoms in total. The molecule has 0 saturated carbocycles. The molecule has 0 aromatic heterocycles. The minimum atomic E-state index is -0.478. The molecule has 18 heavy (non-hydrogen) atoms. The first-order valence-corrected chi connectivity index (χ1v) is 6.77. The van der Waals surface area contributed by atoms with Crippen LogP contribution in [0.1, 0.15) is 33.6 Å². The van der Waals surface area contributed by atoms with Crippen LogP contribution in [-0.4, -0.2) is 64.9 Å². The maximum Gasteiger partial charge on any atom is 0.410 e. The third kappa shape index (κ3) is 3.14. The third-order valence-corrected chi connectivity index (χ3v) is 3.52. The van der Waals surface area contributed by atoms with Gasteiger partial charge in [-0.25, -0.2) is 4.79 Å². The Morgan fingerprint density at radius 3 is 2.39 bits per heavy atom. The van der Waals surface area contributed by atoms with E-state index in [-0.39, 0.29) is 12.1 Å². The van der Waals surface area contributed by atoms with Crippen molar-refractivity contribution >= 4 is 6.09 Å². The summed E-state index contributed by atoms with van der Waals surface area (Å²) in [4.78, 5) is 15.9. The first-order chi connectivity index (χ1) is 8.37. The van der Waals surface area contributed by atoms with Crippen LogP contribution in [0.3, 0.4) is 0 Å². The van der Waals surface area contributed by atoms with E-state index in [1.807, 2.05) is 20.8 Å². The second-order valence-electron chi connectivity index (χ2n) is 6.26. The molecule has 0 radical (unpaired) electrons. The smallest absolute Gasteiger partial charge is 0.410 e. The van der Waals surface area contributed by atoms with Gasteiger partial charge in [0.1, 0.15) is 5.60 Å². The Morgan fingerprint density at radius 2 is 1.83 bits per heavy atom. The standard InChI is InChI=1S/C13H24N2O3/c1-13(2,3)18-12(17)15-8-10(11(16)9-15)14-6-4-5-7-14/h10-11,16H,4-9H2,1-3H3/t10-,11-/m0/s1. The van der Waals surface area contributed by atoms with Gasteiger partial charge in [-0.15, -0.1) is 0 Å². The number of β-amino-alcohol motifs (C(OH)–C–C–N with tert-alkyl or cyclic N) is 1. The molecule has 1 amide bonds. The summed E-state index contributed by atoms with van der Waals surface area (Å²) in [6.07, 6.45) is 1.62. The number of ether oxygens (including phenoxy) is 1. The third-order valence-electron chi connectivity index (χ3n) is 3.52. The molecule has 5 heteroatoms. The highest BCUT2D eigenvalue weighted by Crippen LogP contribution is 2.22. The summed E-state index contributed by atoms with van der Waals surface area (Å²) in [7, 11) is 0. The lowest BCUT2D eigenvalue weighted by Crippen LogP contribution is -2.42. The second-order valence-corrected chi connectivity index (χ2v) is 6.26. The maximum atomic E-state index is 11.9. The Hall–Kier alpha value is -0.810. The molecule has 2 atom stereocenters. The van der Waals surface area contributed by atoms with E-state index in [9.17, 15) is 9.90 Å². The topological polar surface area (TPSA) is 53.0 Å². The summed E-state index contributed by atoms with van der Waals surface area (Å²) in [5.41, 5.74) is -0.478. The van der Waals surface area contributed by atoms with Gasteiger partial charge in [0.15, 0.2) is 0 Å². The largest absolute Gasteiger partial charge is 0.444 e. The summed E-state index contributed by atoms with van der Waals surface area (Å²) >= 11 is 0. The van der Waals surface area contributed by atoms with Gasteiger partial charge in [0, 0.05) is 6.54 Å². The lowest BCUT2D eigenvalue weighted by Gasteiger charge is -2.26. The molecule has 1 N–H and O–H groups in total. The van der Waals surface area contributed by atoms with E-state index < -0.39 is 11.7 Å². The Morgan fingerprint density at radius 1 is 1.22 bits per heavy atom. The maximum absolute atomic E-state index is 11.9. The zero-order chi connectivity index (χ0) is 13.3. The molecule has 104 valence electrons. The molecule has 2 fully saturated rings. The van der Waals surface area contributed by atoms with Crippen molar-refractivity contribution in [2.24, 2.45) is 0 Å². The lowest BCUT2D eigenvalue weighted by molar-refractivity contribution is 0.0269. The van der Waals surface area contributed by atoms with Gasteiger partial charge in [-0.1, -0.05) is 0 Å². The average molecular weight is 256 g/mol. The Kier molecular flexibility index (Phi) is 3.82. The van der Waals surface area contributed by atoms with Crippen molar-refractivity contribution in [2.75, 3.05) is 26.2 Å². The zero-order valence-electron chi connectivity index (χ0n) is 11.6. The first kappa shape index (κ1) is 13.6. The summed E-state index contributed by atoms with van der Waals surface area (Å²) < 4.78 is 5.34. The van der Waals surface area contributed by atoms with Crippen molar-refractivity contribution in [1.29, 1.82) is 0 Å². The Bertz CT molecular complexity index is 308. The Labute approximate surface area is 109 Å². The van der Waals surface area contributed by atoms with Gasteiger partial charge in [0.25, 0.3) is 0 Å². The highest BCUT2D eigenvalue weighted by atomic mass is 16.6. The highest BCUT2D eigenvalue weighted by molar-refractivity contribution is 5.68. The van der Waals surface area contributed by atoms with Crippen LogP contribution in [0.5, 0.6) is 0 Å². The highest BCUT2D eigenvalue weighted by Gasteiger charge is 2.39. The number of aliphatic hydroxyl groups excluding tert-OH is 1. The molecular formula is C13H24N2O3. The number of carbonyl (C=O) groups is 1. The molecule has 2 aliphatic heterocycles. The monoisotopic (exact) mass is 256 g/mol. The summed E-state index contributed by atoms with van der Waals surface area (Å²) in [5.74, 6) is 0. The molecule has 2 rings (SSSR count). The van der Waals surface area contributed by atoms with E-state index in [1.54, 1.807) is 4.90 Å². The molecule has 0 aliphatic carbocycles. The van der Waals surface area contributed by atoms with Crippen molar-refractivity contribution in [2.45, 2.75) is 51.4 Å². The minimum Gasteiger partial charge on any atom is -0.444 e. The van der Waals surface area contributed by atoms with Crippen LogP contribution in [-0.2, 0) is 4.74 Å². The van der Waals surface area contributed by atoms with Crippen molar-refractivity contribution in [3.63, 3.8) is 0 Å². The SMILES string of the molecule is CC(C)(C)OC(=O)N1C[C@H](O)[C@@H](N2CCCC2)C1. The average Bonchev–Trinajstić information content (AvgIpc) is 2.82. The minimum absolute atomic E-state index is 0.0834. The number of hydrogen-bond donors (Lipinski definition) is 1. The molecule has 0 spiro atoms. The molecule has 0 aromatic carbocycles.